The lowest BCUT2D eigenvalue weighted by Gasteiger charge is -2.00. The highest BCUT2D eigenvalue weighted by atomic mass is 127. The minimum Gasteiger partial charge on any atom is -0.235 e. The number of hydrogen-bond donors (Lipinski definition) is 0. The molecule has 0 aliphatic carbocycles. The van der Waals surface area contributed by atoms with Gasteiger partial charge in [-0.05, 0) is 46.9 Å². The number of rotatable bonds is 1. The molecule has 0 spiro atoms. The Morgan fingerprint density at radius 2 is 2.06 bits per heavy atom. The molecule has 2 heterocycles. The molecule has 2 aromatic heterocycles. The topological polar surface area (TPSA) is 25.8 Å². The van der Waals surface area contributed by atoms with E-state index in [-0.39, 0.29) is 5.82 Å². The molecule has 1 aromatic carbocycles. The summed E-state index contributed by atoms with van der Waals surface area (Å²) >= 11 is 9.65. The van der Waals surface area contributed by atoms with Crippen LogP contribution in [0.1, 0.15) is 0 Å². The number of benzene rings is 1. The minimum absolute atomic E-state index is 0.234. The van der Waals surface area contributed by atoms with Gasteiger partial charge in [0.1, 0.15) is 17.3 Å². The number of aromatic nitrogens is 2. The predicted octanol–water partition coefficient (Wildman–Crippen LogP) is 4.76. The molecular formula is C12H5ClFIN2S. The first-order valence-electron chi connectivity index (χ1n) is 5.00. The van der Waals surface area contributed by atoms with Crippen LogP contribution in [0.4, 0.5) is 4.39 Å². The first-order valence-corrected chi connectivity index (χ1v) is 7.28. The number of fused-ring (bicyclic) bond motifs is 1. The van der Waals surface area contributed by atoms with Crippen molar-refractivity contribution in [2.75, 3.05) is 0 Å². The molecule has 0 bridgehead atoms. The molecule has 0 saturated heterocycles. The van der Waals surface area contributed by atoms with Crippen LogP contribution in [0.2, 0.25) is 5.15 Å². The second-order valence-electron chi connectivity index (χ2n) is 3.61. The summed E-state index contributed by atoms with van der Waals surface area (Å²) in [6.45, 7) is 0. The fourth-order valence-electron chi connectivity index (χ4n) is 1.65. The summed E-state index contributed by atoms with van der Waals surface area (Å²) < 4.78 is 14.8. The van der Waals surface area contributed by atoms with Gasteiger partial charge in [-0.2, -0.15) is 0 Å². The van der Waals surface area contributed by atoms with Crippen LogP contribution < -0.4 is 0 Å². The molecule has 0 radical (unpaired) electrons. The quantitative estimate of drug-likeness (QED) is 0.442. The molecule has 3 aromatic rings. The Hall–Kier alpha value is -0.790. The van der Waals surface area contributed by atoms with E-state index in [1.807, 2.05) is 6.07 Å². The lowest BCUT2D eigenvalue weighted by molar-refractivity contribution is 0.627. The predicted molar refractivity (Wildman–Crippen MR) is 80.5 cm³/mol. The van der Waals surface area contributed by atoms with Crippen LogP contribution in [-0.4, -0.2) is 9.97 Å². The van der Waals surface area contributed by atoms with E-state index in [9.17, 15) is 4.39 Å². The van der Waals surface area contributed by atoms with Crippen molar-refractivity contribution in [1.29, 1.82) is 0 Å². The van der Waals surface area contributed by atoms with Crippen molar-refractivity contribution in [1.82, 2.24) is 9.97 Å². The third-order valence-electron chi connectivity index (χ3n) is 2.46. The molecule has 90 valence electrons. The van der Waals surface area contributed by atoms with Crippen LogP contribution in [0.25, 0.3) is 20.7 Å². The molecule has 0 aliphatic heterocycles. The van der Waals surface area contributed by atoms with Gasteiger partial charge < -0.3 is 0 Å². The van der Waals surface area contributed by atoms with Crippen LogP contribution in [0, 0.1) is 9.39 Å². The van der Waals surface area contributed by atoms with Gasteiger partial charge in [-0.15, -0.1) is 11.3 Å². The molecule has 3 rings (SSSR count). The third-order valence-corrected chi connectivity index (χ3v) is 4.92. The molecule has 0 saturated carbocycles. The van der Waals surface area contributed by atoms with Crippen molar-refractivity contribution in [3.05, 3.63) is 45.1 Å². The Labute approximate surface area is 125 Å². The van der Waals surface area contributed by atoms with Crippen molar-refractivity contribution in [2.45, 2.75) is 0 Å². The maximum Gasteiger partial charge on any atom is 0.150 e. The van der Waals surface area contributed by atoms with Gasteiger partial charge >= 0.3 is 0 Å². The summed E-state index contributed by atoms with van der Waals surface area (Å²) in [6.07, 6.45) is 1.44. The fraction of sp³-hybridized carbons (Fsp3) is 0. The molecule has 0 unspecified atom stereocenters. The lowest BCUT2D eigenvalue weighted by atomic mass is 10.2. The number of halogens is 3. The first-order chi connectivity index (χ1) is 8.65. The smallest absolute Gasteiger partial charge is 0.150 e. The van der Waals surface area contributed by atoms with Crippen molar-refractivity contribution < 1.29 is 4.39 Å². The molecule has 0 atom stereocenters. The molecule has 0 aliphatic rings. The van der Waals surface area contributed by atoms with Crippen LogP contribution in [-0.2, 0) is 0 Å². The molecule has 6 heteroatoms. The van der Waals surface area contributed by atoms with Gasteiger partial charge in [-0.3, -0.25) is 0 Å². The monoisotopic (exact) mass is 390 g/mol. The average Bonchev–Trinajstić information content (AvgIpc) is 2.74. The van der Waals surface area contributed by atoms with E-state index >= 15 is 0 Å². The normalized spacial score (nSPS) is 11.1. The van der Waals surface area contributed by atoms with Gasteiger partial charge in [0.05, 0.1) is 10.2 Å². The van der Waals surface area contributed by atoms with Crippen LogP contribution in [0.3, 0.4) is 0 Å². The SMILES string of the molecule is Fc1ccc(-c2cc3ncnc(Cl)c3s2)c(I)c1. The van der Waals surface area contributed by atoms with E-state index < -0.39 is 0 Å². The Morgan fingerprint density at radius 1 is 1.22 bits per heavy atom. The highest BCUT2D eigenvalue weighted by molar-refractivity contribution is 14.1. The second-order valence-corrected chi connectivity index (χ2v) is 6.19. The largest absolute Gasteiger partial charge is 0.235 e. The number of thiophene rings is 1. The molecule has 0 fully saturated rings. The highest BCUT2D eigenvalue weighted by Gasteiger charge is 2.11. The van der Waals surface area contributed by atoms with Gasteiger partial charge in [0.15, 0.2) is 0 Å². The van der Waals surface area contributed by atoms with Crippen molar-refractivity contribution in [3.63, 3.8) is 0 Å². The van der Waals surface area contributed by atoms with E-state index in [0.717, 1.165) is 24.2 Å². The molecule has 0 N–H and O–H groups in total. The molecule has 2 nitrogen and oxygen atoms in total. The maximum absolute atomic E-state index is 13.1. The zero-order valence-electron chi connectivity index (χ0n) is 8.82. The van der Waals surface area contributed by atoms with Crippen LogP contribution >= 0.6 is 45.5 Å². The van der Waals surface area contributed by atoms with Crippen molar-refractivity contribution in [2.24, 2.45) is 0 Å². The standard InChI is InChI=1S/C12H5ClFIN2S/c13-12-11-9(16-5-17-12)4-10(18-11)7-2-1-6(14)3-8(7)15/h1-5H. The highest BCUT2D eigenvalue weighted by Crippen LogP contribution is 2.37. The zero-order chi connectivity index (χ0) is 12.7. The summed E-state index contributed by atoms with van der Waals surface area (Å²) in [5, 5.41) is 0.452. The van der Waals surface area contributed by atoms with E-state index in [4.69, 9.17) is 11.6 Å². The van der Waals surface area contributed by atoms with E-state index in [2.05, 4.69) is 32.6 Å². The first kappa shape index (κ1) is 12.3. The van der Waals surface area contributed by atoms with E-state index in [1.165, 1.54) is 29.8 Å². The Morgan fingerprint density at radius 3 is 2.78 bits per heavy atom. The fourth-order valence-corrected chi connectivity index (χ4v) is 3.89. The summed E-state index contributed by atoms with van der Waals surface area (Å²) in [6, 6.07) is 6.68. The summed E-state index contributed by atoms with van der Waals surface area (Å²) in [4.78, 5) is 9.14. The van der Waals surface area contributed by atoms with E-state index in [1.54, 1.807) is 6.07 Å². The summed E-state index contributed by atoms with van der Waals surface area (Å²) in [5.74, 6) is -0.234. The van der Waals surface area contributed by atoms with Crippen molar-refractivity contribution in [3.8, 4) is 10.4 Å². The molecular weight excluding hydrogens is 386 g/mol. The minimum atomic E-state index is -0.234. The third kappa shape index (κ3) is 2.10. The van der Waals surface area contributed by atoms with Gasteiger partial charge in [0.2, 0.25) is 0 Å². The van der Waals surface area contributed by atoms with Gasteiger partial charge in [0, 0.05) is 14.0 Å². The maximum atomic E-state index is 13.1. The Kier molecular flexibility index (Phi) is 3.21. The van der Waals surface area contributed by atoms with Crippen molar-refractivity contribution >= 4 is 55.7 Å². The molecule has 0 amide bonds. The van der Waals surface area contributed by atoms with Gasteiger partial charge in [-0.1, -0.05) is 11.6 Å². The van der Waals surface area contributed by atoms with Crippen LogP contribution in [0.5, 0.6) is 0 Å². The molecule has 18 heavy (non-hydrogen) atoms. The Bertz CT molecular complexity index is 744. The zero-order valence-corrected chi connectivity index (χ0v) is 12.6. The second kappa shape index (κ2) is 4.71. The van der Waals surface area contributed by atoms with Gasteiger partial charge in [0.25, 0.3) is 0 Å². The Balaban J connectivity index is 2.23. The van der Waals surface area contributed by atoms with E-state index in [0.29, 0.717) is 5.15 Å². The lowest BCUT2D eigenvalue weighted by Crippen LogP contribution is -1.81. The van der Waals surface area contributed by atoms with Gasteiger partial charge in [-0.25, -0.2) is 14.4 Å². The summed E-state index contributed by atoms with van der Waals surface area (Å²) in [7, 11) is 0. The number of hydrogen-bond acceptors (Lipinski definition) is 3. The van der Waals surface area contributed by atoms with Crippen LogP contribution in [0.15, 0.2) is 30.6 Å². The average molecular weight is 391 g/mol. The number of nitrogens with zero attached hydrogens (tertiary/aromatic N) is 2. The summed E-state index contributed by atoms with van der Waals surface area (Å²) in [5.41, 5.74) is 1.80.